The Labute approximate surface area is 121 Å². The maximum atomic E-state index is 12.4. The van der Waals surface area contributed by atoms with Crippen LogP contribution in [-0.2, 0) is 9.53 Å². The van der Waals surface area contributed by atoms with Gasteiger partial charge in [0.2, 0.25) is 5.91 Å². The van der Waals surface area contributed by atoms with Crippen LogP contribution >= 0.6 is 12.4 Å². The molecule has 4 nitrogen and oxygen atoms in total. The molecule has 1 N–H and O–H groups in total. The van der Waals surface area contributed by atoms with Gasteiger partial charge in [-0.3, -0.25) is 4.79 Å². The van der Waals surface area contributed by atoms with Crippen LogP contribution < -0.4 is 5.32 Å². The number of halogens is 1. The van der Waals surface area contributed by atoms with E-state index in [-0.39, 0.29) is 18.5 Å². The second kappa shape index (κ2) is 6.91. The Bertz CT molecular complexity index is 308. The van der Waals surface area contributed by atoms with Crippen molar-refractivity contribution in [3.8, 4) is 0 Å². The Hall–Kier alpha value is -0.320. The number of hydrogen-bond donors (Lipinski definition) is 1. The Balaban J connectivity index is 0.00000133. The van der Waals surface area contributed by atoms with Gasteiger partial charge in [0.15, 0.2) is 0 Å². The minimum atomic E-state index is 0. The van der Waals surface area contributed by atoms with E-state index in [1.807, 2.05) is 0 Å². The number of carbonyl (C=O) groups is 1. The second-order valence-corrected chi connectivity index (χ2v) is 5.89. The summed E-state index contributed by atoms with van der Waals surface area (Å²) in [5.41, 5.74) is 0. The first-order chi connectivity index (χ1) is 8.84. The lowest BCUT2D eigenvalue weighted by Gasteiger charge is -2.38. The van der Waals surface area contributed by atoms with Gasteiger partial charge in [-0.1, -0.05) is 6.42 Å². The van der Waals surface area contributed by atoms with Crippen molar-refractivity contribution in [2.45, 2.75) is 50.7 Å². The molecule has 0 aromatic rings. The van der Waals surface area contributed by atoms with E-state index >= 15 is 0 Å². The summed E-state index contributed by atoms with van der Waals surface area (Å²) in [4.78, 5) is 14.6. The molecule has 3 unspecified atom stereocenters. The highest BCUT2D eigenvalue weighted by atomic mass is 35.5. The monoisotopic (exact) mass is 288 g/mol. The summed E-state index contributed by atoms with van der Waals surface area (Å²) < 4.78 is 5.64. The first-order valence-corrected chi connectivity index (χ1v) is 7.46. The summed E-state index contributed by atoms with van der Waals surface area (Å²) in [6.45, 7) is 3.46. The average Bonchev–Trinajstić information content (AvgIpc) is 2.87. The number of hydrogen-bond acceptors (Lipinski definition) is 3. The van der Waals surface area contributed by atoms with Crippen molar-refractivity contribution in [2.75, 3.05) is 26.2 Å². The molecule has 0 spiro atoms. The second-order valence-electron chi connectivity index (χ2n) is 5.89. The topological polar surface area (TPSA) is 41.6 Å². The molecule has 0 bridgehead atoms. The van der Waals surface area contributed by atoms with Crippen LogP contribution in [0.15, 0.2) is 0 Å². The summed E-state index contributed by atoms with van der Waals surface area (Å²) in [6, 6.07) is 0.544. The molecule has 2 heterocycles. The Morgan fingerprint density at radius 2 is 2.11 bits per heavy atom. The first kappa shape index (κ1) is 15.1. The van der Waals surface area contributed by atoms with E-state index in [1.165, 1.54) is 32.1 Å². The van der Waals surface area contributed by atoms with Gasteiger partial charge in [0.05, 0.1) is 19.1 Å². The maximum Gasteiger partial charge on any atom is 0.225 e. The molecule has 19 heavy (non-hydrogen) atoms. The van der Waals surface area contributed by atoms with E-state index in [1.54, 1.807) is 0 Å². The number of ether oxygens (including phenoxy) is 1. The highest BCUT2D eigenvalue weighted by Crippen LogP contribution is 2.37. The summed E-state index contributed by atoms with van der Waals surface area (Å²) in [7, 11) is 0. The van der Waals surface area contributed by atoms with Crippen LogP contribution in [-0.4, -0.2) is 49.2 Å². The number of amides is 1. The summed E-state index contributed by atoms with van der Waals surface area (Å²) in [6.07, 6.45) is 7.03. The number of morpholine rings is 1. The molecule has 0 radical (unpaired) electrons. The van der Waals surface area contributed by atoms with Gasteiger partial charge >= 0.3 is 0 Å². The van der Waals surface area contributed by atoms with Crippen LogP contribution in [0.1, 0.15) is 38.5 Å². The maximum absolute atomic E-state index is 12.4. The Morgan fingerprint density at radius 1 is 1.26 bits per heavy atom. The summed E-state index contributed by atoms with van der Waals surface area (Å²) in [5.74, 6) is 1.10. The normalized spacial score (nSPS) is 34.5. The number of fused-ring (bicyclic) bond motifs is 1. The van der Waals surface area contributed by atoms with E-state index < -0.39 is 0 Å². The zero-order valence-corrected chi connectivity index (χ0v) is 12.3. The first-order valence-electron chi connectivity index (χ1n) is 7.46. The number of rotatable bonds is 2. The smallest absolute Gasteiger partial charge is 0.225 e. The predicted octanol–water partition coefficient (Wildman–Crippen LogP) is 1.58. The highest BCUT2D eigenvalue weighted by Gasteiger charge is 2.37. The van der Waals surface area contributed by atoms with Crippen LogP contribution in [0.4, 0.5) is 0 Å². The van der Waals surface area contributed by atoms with Gasteiger partial charge in [-0.05, 0) is 31.6 Å². The van der Waals surface area contributed by atoms with Gasteiger partial charge in [-0.15, -0.1) is 12.4 Å². The molecule has 5 heteroatoms. The average molecular weight is 289 g/mol. The molecule has 0 aromatic carbocycles. The molecule has 3 rings (SSSR count). The Morgan fingerprint density at radius 3 is 2.89 bits per heavy atom. The molecule has 2 aliphatic heterocycles. The Kier molecular flexibility index (Phi) is 5.48. The summed E-state index contributed by atoms with van der Waals surface area (Å²) in [5, 5.41) is 3.29. The summed E-state index contributed by atoms with van der Waals surface area (Å²) >= 11 is 0. The van der Waals surface area contributed by atoms with Gasteiger partial charge < -0.3 is 15.0 Å². The molecule has 110 valence electrons. The predicted molar refractivity (Wildman–Crippen MR) is 76.6 cm³/mol. The quantitative estimate of drug-likeness (QED) is 0.839. The van der Waals surface area contributed by atoms with Gasteiger partial charge in [-0.2, -0.15) is 0 Å². The third-order valence-corrected chi connectivity index (χ3v) is 4.72. The van der Waals surface area contributed by atoms with Crippen molar-refractivity contribution in [2.24, 2.45) is 5.92 Å². The number of likely N-dealkylation sites (tertiary alicyclic amines) is 1. The molecular formula is C14H25ClN2O2. The van der Waals surface area contributed by atoms with E-state index in [0.717, 1.165) is 32.2 Å². The molecule has 3 atom stereocenters. The molecule has 3 aliphatic rings. The van der Waals surface area contributed by atoms with Crippen molar-refractivity contribution < 1.29 is 9.53 Å². The molecule has 1 aliphatic carbocycles. The van der Waals surface area contributed by atoms with Crippen LogP contribution in [0.25, 0.3) is 0 Å². The SMILES string of the molecule is Cl.O=C(CC1CNCCO1)N1CCCC2CCCC21. The molecule has 1 saturated carbocycles. The van der Waals surface area contributed by atoms with E-state index in [4.69, 9.17) is 4.74 Å². The van der Waals surface area contributed by atoms with E-state index in [9.17, 15) is 4.79 Å². The van der Waals surface area contributed by atoms with E-state index in [0.29, 0.717) is 18.4 Å². The van der Waals surface area contributed by atoms with Gasteiger partial charge in [0.25, 0.3) is 0 Å². The minimum absolute atomic E-state index is 0. The fourth-order valence-corrected chi connectivity index (χ4v) is 3.83. The zero-order valence-electron chi connectivity index (χ0n) is 11.5. The number of piperidine rings is 1. The minimum Gasteiger partial charge on any atom is -0.375 e. The van der Waals surface area contributed by atoms with Crippen LogP contribution in [0.3, 0.4) is 0 Å². The van der Waals surface area contributed by atoms with Gasteiger partial charge in [0.1, 0.15) is 0 Å². The molecule has 3 fully saturated rings. The fraction of sp³-hybridized carbons (Fsp3) is 0.929. The number of nitrogens with one attached hydrogen (secondary N) is 1. The largest absolute Gasteiger partial charge is 0.375 e. The lowest BCUT2D eigenvalue weighted by Crippen LogP contribution is -2.48. The van der Waals surface area contributed by atoms with E-state index in [2.05, 4.69) is 10.2 Å². The van der Waals surface area contributed by atoms with Crippen molar-refractivity contribution in [3.05, 3.63) is 0 Å². The van der Waals surface area contributed by atoms with Crippen molar-refractivity contribution in [3.63, 3.8) is 0 Å². The number of carbonyl (C=O) groups excluding carboxylic acids is 1. The van der Waals surface area contributed by atoms with Crippen LogP contribution in [0.2, 0.25) is 0 Å². The molecular weight excluding hydrogens is 264 g/mol. The highest BCUT2D eigenvalue weighted by molar-refractivity contribution is 5.85. The molecule has 2 saturated heterocycles. The van der Waals surface area contributed by atoms with Gasteiger partial charge in [-0.25, -0.2) is 0 Å². The zero-order chi connectivity index (χ0) is 12.4. The van der Waals surface area contributed by atoms with Gasteiger partial charge in [0, 0.05) is 25.7 Å². The third-order valence-electron chi connectivity index (χ3n) is 4.72. The number of nitrogens with zero attached hydrogens (tertiary/aromatic N) is 1. The standard InChI is InChI=1S/C14H24N2O2.ClH/c17-14(9-12-10-15-6-8-18-12)16-7-2-4-11-3-1-5-13(11)16;/h11-13,15H,1-10H2;1H. The van der Waals surface area contributed by atoms with Crippen molar-refractivity contribution in [1.29, 1.82) is 0 Å². The molecule has 0 aromatic heterocycles. The third kappa shape index (κ3) is 3.41. The molecule has 1 amide bonds. The van der Waals surface area contributed by atoms with Crippen LogP contribution in [0, 0.1) is 5.92 Å². The lowest BCUT2D eigenvalue weighted by atomic mass is 9.91. The lowest BCUT2D eigenvalue weighted by molar-refractivity contribution is -0.139. The fourth-order valence-electron chi connectivity index (χ4n) is 3.83. The van der Waals surface area contributed by atoms with Crippen molar-refractivity contribution >= 4 is 18.3 Å². The van der Waals surface area contributed by atoms with Crippen LogP contribution in [0.5, 0.6) is 0 Å². The van der Waals surface area contributed by atoms with Crippen molar-refractivity contribution in [1.82, 2.24) is 10.2 Å².